The van der Waals surface area contributed by atoms with Gasteiger partial charge in [-0.2, -0.15) is 0 Å². The number of ether oxygens (including phenoxy) is 1. The molecule has 0 aliphatic carbocycles. The number of carbonyl (C=O) groups is 1. The maximum Gasteiger partial charge on any atom is 0.339 e. The molecule has 0 fully saturated rings. The molecule has 0 atom stereocenters. The molecule has 0 aliphatic heterocycles. The van der Waals surface area contributed by atoms with Crippen LogP contribution in [0.15, 0.2) is 48.3 Å². The van der Waals surface area contributed by atoms with Crippen molar-refractivity contribution in [1.29, 1.82) is 0 Å². The molecule has 0 N–H and O–H groups in total. The molecule has 7 heteroatoms. The van der Waals surface area contributed by atoms with E-state index in [2.05, 4.69) is 16.3 Å². The van der Waals surface area contributed by atoms with Crippen molar-refractivity contribution < 1.29 is 17.9 Å². The lowest BCUT2D eigenvalue weighted by Gasteiger charge is -2.05. The fourth-order valence-electron chi connectivity index (χ4n) is 1.65. The first-order chi connectivity index (χ1) is 9.86. The van der Waals surface area contributed by atoms with Crippen LogP contribution in [0.25, 0.3) is 5.57 Å². The van der Waals surface area contributed by atoms with Crippen molar-refractivity contribution in [2.24, 2.45) is 0 Å². The van der Waals surface area contributed by atoms with Crippen LogP contribution < -0.4 is 0 Å². The molecule has 110 valence electrons. The van der Waals surface area contributed by atoms with Crippen LogP contribution in [0.1, 0.15) is 11.3 Å². The average molecular weight is 306 g/mol. The topological polar surface area (TPSA) is 78.3 Å². The first-order valence-electron chi connectivity index (χ1n) is 6.00. The van der Waals surface area contributed by atoms with E-state index in [-0.39, 0.29) is 16.2 Å². The zero-order valence-electron chi connectivity index (χ0n) is 11.6. The number of nitrogens with zero attached hydrogens (tertiary/aromatic N) is 2. The molecular weight excluding hydrogens is 292 g/mol. The van der Waals surface area contributed by atoms with Gasteiger partial charge in [0.2, 0.25) is 0 Å². The number of rotatable bonds is 4. The Morgan fingerprint density at radius 2 is 1.90 bits per heavy atom. The fraction of sp³-hybridized carbons (Fsp3) is 0.143. The Kier molecular flexibility index (Phi) is 3.95. The summed E-state index contributed by atoms with van der Waals surface area (Å²) >= 11 is 0. The highest BCUT2D eigenvalue weighted by molar-refractivity contribution is 7.90. The highest BCUT2D eigenvalue weighted by Gasteiger charge is 2.19. The number of hydrogen-bond acceptors (Lipinski definition) is 5. The molecule has 0 amide bonds. The summed E-state index contributed by atoms with van der Waals surface area (Å²) in [6, 6.07) is 6.44. The maximum absolute atomic E-state index is 12.4. The van der Waals surface area contributed by atoms with E-state index in [9.17, 15) is 13.2 Å². The van der Waals surface area contributed by atoms with Gasteiger partial charge in [0.25, 0.3) is 10.0 Å². The van der Waals surface area contributed by atoms with Gasteiger partial charge in [-0.25, -0.2) is 22.2 Å². The van der Waals surface area contributed by atoms with Gasteiger partial charge in [-0.05, 0) is 19.1 Å². The van der Waals surface area contributed by atoms with Gasteiger partial charge in [-0.3, -0.25) is 0 Å². The Morgan fingerprint density at radius 1 is 1.29 bits per heavy atom. The summed E-state index contributed by atoms with van der Waals surface area (Å²) in [5, 5.41) is 0. The number of imidazole rings is 1. The molecule has 1 heterocycles. The van der Waals surface area contributed by atoms with Crippen LogP contribution in [-0.2, 0) is 19.6 Å². The molecule has 0 unspecified atom stereocenters. The molecule has 2 rings (SSSR count). The van der Waals surface area contributed by atoms with E-state index in [1.807, 2.05) is 6.92 Å². The predicted octanol–water partition coefficient (Wildman–Crippen LogP) is 1.61. The minimum Gasteiger partial charge on any atom is -0.465 e. The van der Waals surface area contributed by atoms with Gasteiger partial charge < -0.3 is 4.74 Å². The zero-order chi connectivity index (χ0) is 15.6. The quantitative estimate of drug-likeness (QED) is 0.633. The molecule has 6 nitrogen and oxygen atoms in total. The number of aromatic nitrogens is 2. The third kappa shape index (κ3) is 2.87. The molecule has 0 aliphatic rings. The van der Waals surface area contributed by atoms with Gasteiger partial charge in [0.15, 0.2) is 0 Å². The Balaban J connectivity index is 2.39. The number of hydrogen-bond donors (Lipinski definition) is 0. The van der Waals surface area contributed by atoms with Crippen molar-refractivity contribution in [3.63, 3.8) is 0 Å². The second-order valence-corrected chi connectivity index (χ2v) is 6.22. The maximum atomic E-state index is 12.4. The molecular formula is C14H14N2O4S. The van der Waals surface area contributed by atoms with Crippen LogP contribution in [0.3, 0.4) is 0 Å². The van der Waals surface area contributed by atoms with Crippen LogP contribution in [0.4, 0.5) is 0 Å². The van der Waals surface area contributed by atoms with E-state index in [1.165, 1.54) is 25.4 Å². The highest BCUT2D eigenvalue weighted by atomic mass is 32.2. The van der Waals surface area contributed by atoms with Gasteiger partial charge in [0, 0.05) is 6.20 Å². The molecule has 1 aromatic carbocycles. The first kappa shape index (κ1) is 15.0. The lowest BCUT2D eigenvalue weighted by atomic mass is 10.2. The third-order valence-corrected chi connectivity index (χ3v) is 4.52. The summed E-state index contributed by atoms with van der Waals surface area (Å²) in [5.74, 6) is -0.659. The normalized spacial score (nSPS) is 11.1. The molecule has 0 bridgehead atoms. The van der Waals surface area contributed by atoms with Crippen LogP contribution in [-0.4, -0.2) is 30.5 Å². The van der Waals surface area contributed by atoms with Crippen molar-refractivity contribution in [1.82, 2.24) is 8.96 Å². The standard InChI is InChI=1S/C14H14N2O4S/c1-10-4-6-12(7-5-10)21(18,19)16-8-13(15-9-16)11(2)14(17)20-3/h4-9H,2H2,1,3H3. The number of carbonyl (C=O) groups excluding carboxylic acids is 1. The number of benzene rings is 1. The lowest BCUT2D eigenvalue weighted by molar-refractivity contribution is -0.133. The highest BCUT2D eigenvalue weighted by Crippen LogP contribution is 2.17. The van der Waals surface area contributed by atoms with E-state index < -0.39 is 16.0 Å². The van der Waals surface area contributed by atoms with Crippen molar-refractivity contribution >= 4 is 21.6 Å². The van der Waals surface area contributed by atoms with Crippen LogP contribution in [0.5, 0.6) is 0 Å². The number of aryl methyl sites for hydroxylation is 1. The van der Waals surface area contributed by atoms with Crippen molar-refractivity contribution in [2.75, 3.05) is 7.11 Å². The number of methoxy groups -OCH3 is 1. The van der Waals surface area contributed by atoms with E-state index in [1.54, 1.807) is 12.1 Å². The fourth-order valence-corrected chi connectivity index (χ4v) is 2.79. The summed E-state index contributed by atoms with van der Waals surface area (Å²) in [6.07, 6.45) is 2.35. The van der Waals surface area contributed by atoms with Gasteiger partial charge in [-0.1, -0.05) is 24.3 Å². The third-order valence-electron chi connectivity index (χ3n) is 2.90. The second-order valence-electron chi connectivity index (χ2n) is 4.38. The summed E-state index contributed by atoms with van der Waals surface area (Å²) in [7, 11) is -2.52. The SMILES string of the molecule is C=C(C(=O)OC)c1cn(S(=O)(=O)c2ccc(C)cc2)cn1. The van der Waals surface area contributed by atoms with Crippen LogP contribution in [0.2, 0.25) is 0 Å². The molecule has 21 heavy (non-hydrogen) atoms. The van der Waals surface area contributed by atoms with Gasteiger partial charge >= 0.3 is 5.97 Å². The molecule has 0 spiro atoms. The number of esters is 1. The lowest BCUT2D eigenvalue weighted by Crippen LogP contribution is -2.11. The summed E-state index contributed by atoms with van der Waals surface area (Å²) < 4.78 is 30.3. The van der Waals surface area contributed by atoms with Crippen LogP contribution >= 0.6 is 0 Å². The van der Waals surface area contributed by atoms with Gasteiger partial charge in [0.1, 0.15) is 6.33 Å². The minimum atomic E-state index is -3.74. The summed E-state index contributed by atoms with van der Waals surface area (Å²) in [5.41, 5.74) is 1.10. The van der Waals surface area contributed by atoms with Crippen molar-refractivity contribution in [3.8, 4) is 0 Å². The minimum absolute atomic E-state index is 0.00430. The van der Waals surface area contributed by atoms with Gasteiger partial charge in [-0.15, -0.1) is 0 Å². The first-order valence-corrected chi connectivity index (χ1v) is 7.44. The average Bonchev–Trinajstić information content (AvgIpc) is 2.96. The van der Waals surface area contributed by atoms with Crippen LogP contribution in [0, 0.1) is 6.92 Å². The van der Waals surface area contributed by atoms with E-state index in [0.29, 0.717) is 0 Å². The van der Waals surface area contributed by atoms with E-state index in [4.69, 9.17) is 0 Å². The van der Waals surface area contributed by atoms with Gasteiger partial charge in [0.05, 0.1) is 23.3 Å². The Bertz CT molecular complexity index is 789. The molecule has 0 saturated carbocycles. The zero-order valence-corrected chi connectivity index (χ0v) is 12.4. The monoisotopic (exact) mass is 306 g/mol. The molecule has 2 aromatic rings. The Labute approximate surface area is 122 Å². The van der Waals surface area contributed by atoms with Crippen molar-refractivity contribution in [2.45, 2.75) is 11.8 Å². The largest absolute Gasteiger partial charge is 0.465 e. The summed E-state index contributed by atoms with van der Waals surface area (Å²) in [6.45, 7) is 5.40. The van der Waals surface area contributed by atoms with Crippen molar-refractivity contribution in [3.05, 3.63) is 54.6 Å². The molecule has 0 radical (unpaired) electrons. The molecule has 1 aromatic heterocycles. The predicted molar refractivity (Wildman–Crippen MR) is 77.0 cm³/mol. The summed E-state index contributed by atoms with van der Waals surface area (Å²) in [4.78, 5) is 15.4. The Hall–Kier alpha value is -2.41. The molecule has 0 saturated heterocycles. The van der Waals surface area contributed by atoms with E-state index >= 15 is 0 Å². The second kappa shape index (κ2) is 5.53. The smallest absolute Gasteiger partial charge is 0.339 e. The Morgan fingerprint density at radius 3 is 2.48 bits per heavy atom. The van der Waals surface area contributed by atoms with E-state index in [0.717, 1.165) is 15.9 Å².